The van der Waals surface area contributed by atoms with Crippen molar-refractivity contribution in [1.82, 2.24) is 4.31 Å². The van der Waals surface area contributed by atoms with E-state index >= 15 is 0 Å². The van der Waals surface area contributed by atoms with Crippen LogP contribution in [-0.2, 0) is 16.4 Å². The summed E-state index contributed by atoms with van der Waals surface area (Å²) in [6.45, 7) is 8.40. The van der Waals surface area contributed by atoms with Gasteiger partial charge in [0.15, 0.2) is 0 Å². The Bertz CT molecular complexity index is 1160. The van der Waals surface area contributed by atoms with Crippen LogP contribution in [0, 0.1) is 40.0 Å². The zero-order valence-electron chi connectivity index (χ0n) is 17.9. The molecule has 5 heteroatoms. The Labute approximate surface area is 179 Å². The first-order valence-corrected chi connectivity index (χ1v) is 11.3. The Hall–Kier alpha value is -2.81. The second-order valence-corrected chi connectivity index (χ2v) is 9.58. The molecule has 156 valence electrons. The van der Waals surface area contributed by atoms with Gasteiger partial charge in [-0.3, -0.25) is 0 Å². The van der Waals surface area contributed by atoms with Crippen LogP contribution in [0.15, 0.2) is 57.8 Å². The zero-order chi connectivity index (χ0) is 21.9. The van der Waals surface area contributed by atoms with Crippen molar-refractivity contribution in [3.63, 3.8) is 0 Å². The number of benzene rings is 2. The molecule has 0 aliphatic heterocycles. The highest BCUT2D eigenvalue weighted by Gasteiger charge is 2.24. The van der Waals surface area contributed by atoms with Gasteiger partial charge in [-0.2, -0.15) is 4.31 Å². The number of furan rings is 1. The van der Waals surface area contributed by atoms with Crippen molar-refractivity contribution in [2.75, 3.05) is 13.1 Å². The summed E-state index contributed by atoms with van der Waals surface area (Å²) in [7, 11) is -3.66. The normalized spacial score (nSPS) is 11.6. The Kier molecular flexibility index (Phi) is 6.50. The Morgan fingerprint density at radius 2 is 1.57 bits per heavy atom. The van der Waals surface area contributed by atoms with Gasteiger partial charge < -0.3 is 4.42 Å². The standard InChI is InChI=1S/C25H27NO3S/c1-6-14-26(30(27,28)23-10-7-18(2)8-11-23)15-13-22-9-12-24(29-22)25-20(4)16-19(3)17-21(25)5/h1,7-12,16-17H,13-15H2,2-5H3. The minimum Gasteiger partial charge on any atom is -0.461 e. The number of terminal acetylenes is 1. The second kappa shape index (κ2) is 8.91. The first kappa shape index (κ1) is 21.9. The average molecular weight is 422 g/mol. The molecule has 0 amide bonds. The average Bonchev–Trinajstić information content (AvgIpc) is 3.13. The molecule has 0 spiro atoms. The molecule has 3 aromatic rings. The topological polar surface area (TPSA) is 50.5 Å². The van der Waals surface area contributed by atoms with Crippen molar-refractivity contribution < 1.29 is 12.8 Å². The van der Waals surface area contributed by atoms with Crippen LogP contribution >= 0.6 is 0 Å². The molecule has 0 aliphatic carbocycles. The lowest BCUT2D eigenvalue weighted by Crippen LogP contribution is -2.33. The van der Waals surface area contributed by atoms with Gasteiger partial charge in [0.1, 0.15) is 11.5 Å². The smallest absolute Gasteiger partial charge is 0.243 e. The minimum absolute atomic E-state index is 0.0138. The van der Waals surface area contributed by atoms with Crippen LogP contribution in [0.25, 0.3) is 11.3 Å². The van der Waals surface area contributed by atoms with E-state index in [-0.39, 0.29) is 18.0 Å². The maximum atomic E-state index is 13.0. The summed E-state index contributed by atoms with van der Waals surface area (Å²) < 4.78 is 33.4. The molecular formula is C25H27NO3S. The SMILES string of the molecule is C#CCN(CCc1ccc(-c2c(C)cc(C)cc2C)o1)S(=O)(=O)c1ccc(C)cc1. The predicted molar refractivity (Wildman–Crippen MR) is 121 cm³/mol. The fourth-order valence-corrected chi connectivity index (χ4v) is 5.05. The first-order valence-electron chi connectivity index (χ1n) is 9.89. The highest BCUT2D eigenvalue weighted by Crippen LogP contribution is 2.30. The van der Waals surface area contributed by atoms with Gasteiger partial charge in [0.25, 0.3) is 0 Å². The third kappa shape index (κ3) is 4.67. The molecule has 1 heterocycles. The number of aryl methyl sites for hydroxylation is 4. The first-order chi connectivity index (χ1) is 14.2. The highest BCUT2D eigenvalue weighted by molar-refractivity contribution is 7.89. The molecule has 0 N–H and O–H groups in total. The number of sulfonamides is 1. The number of nitrogens with zero attached hydrogens (tertiary/aromatic N) is 1. The number of hydrogen-bond donors (Lipinski definition) is 0. The lowest BCUT2D eigenvalue weighted by Gasteiger charge is -2.19. The van der Waals surface area contributed by atoms with Crippen LogP contribution in [0.2, 0.25) is 0 Å². The van der Waals surface area contributed by atoms with E-state index in [2.05, 4.69) is 38.8 Å². The van der Waals surface area contributed by atoms with Gasteiger partial charge in [-0.05, 0) is 63.1 Å². The van der Waals surface area contributed by atoms with E-state index in [1.54, 1.807) is 24.3 Å². The summed E-state index contributed by atoms with van der Waals surface area (Å²) in [6, 6.07) is 14.9. The maximum absolute atomic E-state index is 13.0. The van der Waals surface area contributed by atoms with Crippen molar-refractivity contribution in [3.05, 3.63) is 76.5 Å². The Balaban J connectivity index is 1.80. The van der Waals surface area contributed by atoms with E-state index in [0.29, 0.717) is 6.42 Å². The molecule has 0 radical (unpaired) electrons. The summed E-state index contributed by atoms with van der Waals surface area (Å²) in [4.78, 5) is 0.245. The predicted octanol–water partition coefficient (Wildman–Crippen LogP) is 5.05. The number of hydrogen-bond acceptors (Lipinski definition) is 3. The van der Waals surface area contributed by atoms with E-state index < -0.39 is 10.0 Å². The molecule has 3 rings (SSSR count). The van der Waals surface area contributed by atoms with E-state index in [0.717, 1.165) is 33.8 Å². The fraction of sp³-hybridized carbons (Fsp3) is 0.280. The molecule has 0 fully saturated rings. The molecule has 0 saturated heterocycles. The van der Waals surface area contributed by atoms with E-state index in [9.17, 15) is 8.42 Å². The summed E-state index contributed by atoms with van der Waals surface area (Å²) in [6.07, 6.45) is 5.88. The molecule has 4 nitrogen and oxygen atoms in total. The van der Waals surface area contributed by atoms with E-state index in [1.165, 1.54) is 9.87 Å². The van der Waals surface area contributed by atoms with Crippen LogP contribution < -0.4 is 0 Å². The van der Waals surface area contributed by atoms with Gasteiger partial charge in [-0.15, -0.1) is 6.42 Å². The molecule has 1 aromatic heterocycles. The van der Waals surface area contributed by atoms with Gasteiger partial charge in [-0.1, -0.05) is 41.3 Å². The lowest BCUT2D eigenvalue weighted by molar-refractivity contribution is 0.427. The van der Waals surface area contributed by atoms with Gasteiger partial charge in [0, 0.05) is 18.5 Å². The molecule has 0 atom stereocenters. The second-order valence-electron chi connectivity index (χ2n) is 7.65. The van der Waals surface area contributed by atoms with Crippen LogP contribution in [-0.4, -0.2) is 25.8 Å². The van der Waals surface area contributed by atoms with Crippen LogP contribution in [0.4, 0.5) is 0 Å². The summed E-state index contributed by atoms with van der Waals surface area (Å²) in [5.41, 5.74) is 5.61. The molecular weight excluding hydrogens is 394 g/mol. The quantitative estimate of drug-likeness (QED) is 0.502. The third-order valence-corrected chi connectivity index (χ3v) is 6.98. The molecule has 0 saturated carbocycles. The van der Waals surface area contributed by atoms with Gasteiger partial charge in [-0.25, -0.2) is 8.42 Å². The van der Waals surface area contributed by atoms with Crippen molar-refractivity contribution in [1.29, 1.82) is 0 Å². The van der Waals surface area contributed by atoms with Crippen LogP contribution in [0.3, 0.4) is 0 Å². The monoisotopic (exact) mass is 421 g/mol. The van der Waals surface area contributed by atoms with Crippen molar-refractivity contribution >= 4 is 10.0 Å². The van der Waals surface area contributed by atoms with Crippen molar-refractivity contribution in [2.24, 2.45) is 0 Å². The molecule has 0 bridgehead atoms. The third-order valence-electron chi connectivity index (χ3n) is 5.12. The van der Waals surface area contributed by atoms with Gasteiger partial charge in [0.2, 0.25) is 10.0 Å². The zero-order valence-corrected chi connectivity index (χ0v) is 18.7. The van der Waals surface area contributed by atoms with E-state index in [4.69, 9.17) is 10.8 Å². The fourth-order valence-electron chi connectivity index (χ4n) is 3.70. The molecule has 0 unspecified atom stereocenters. The largest absolute Gasteiger partial charge is 0.461 e. The number of rotatable bonds is 7. The molecule has 0 aliphatic rings. The lowest BCUT2D eigenvalue weighted by atomic mass is 9.98. The molecule has 2 aromatic carbocycles. The maximum Gasteiger partial charge on any atom is 0.243 e. The summed E-state index contributed by atoms with van der Waals surface area (Å²) >= 11 is 0. The molecule has 30 heavy (non-hydrogen) atoms. The van der Waals surface area contributed by atoms with Crippen molar-refractivity contribution in [3.8, 4) is 23.7 Å². The van der Waals surface area contributed by atoms with Gasteiger partial charge >= 0.3 is 0 Å². The highest BCUT2D eigenvalue weighted by atomic mass is 32.2. The van der Waals surface area contributed by atoms with Crippen molar-refractivity contribution in [2.45, 2.75) is 39.0 Å². The summed E-state index contributed by atoms with van der Waals surface area (Å²) in [5, 5.41) is 0. The minimum atomic E-state index is -3.66. The van der Waals surface area contributed by atoms with Crippen LogP contribution in [0.5, 0.6) is 0 Å². The van der Waals surface area contributed by atoms with Crippen LogP contribution in [0.1, 0.15) is 28.0 Å². The van der Waals surface area contributed by atoms with E-state index in [1.807, 2.05) is 19.1 Å². The summed E-state index contributed by atoms with van der Waals surface area (Å²) in [5.74, 6) is 3.98. The Morgan fingerprint density at radius 1 is 0.933 bits per heavy atom. The Morgan fingerprint density at radius 3 is 2.17 bits per heavy atom. The van der Waals surface area contributed by atoms with Gasteiger partial charge in [0.05, 0.1) is 11.4 Å².